The molecule has 1 aliphatic heterocycles. The number of benzene rings is 2. The maximum absolute atomic E-state index is 13.2. The summed E-state index contributed by atoms with van der Waals surface area (Å²) in [6, 6.07) is 14.0. The number of nitrogens with zero attached hydrogens (tertiary/aromatic N) is 1. The molecule has 0 radical (unpaired) electrons. The zero-order valence-corrected chi connectivity index (χ0v) is 16.8. The quantitative estimate of drug-likeness (QED) is 0.757. The molecule has 4 rings (SSSR count). The van der Waals surface area contributed by atoms with Gasteiger partial charge in [-0.1, -0.05) is 48.0 Å². The van der Waals surface area contributed by atoms with E-state index in [0.717, 1.165) is 34.4 Å². The minimum atomic E-state index is -1.06. The van der Waals surface area contributed by atoms with E-state index in [0.29, 0.717) is 11.4 Å². The topological polar surface area (TPSA) is 78.5 Å². The van der Waals surface area contributed by atoms with Crippen LogP contribution >= 0.6 is 11.6 Å². The zero-order valence-electron chi connectivity index (χ0n) is 16.1. The predicted molar refractivity (Wildman–Crippen MR) is 109 cm³/mol. The van der Waals surface area contributed by atoms with Crippen LogP contribution in [-0.2, 0) is 21.5 Å². The molecule has 1 saturated heterocycles. The van der Waals surface area contributed by atoms with Crippen molar-refractivity contribution in [2.24, 2.45) is 0 Å². The van der Waals surface area contributed by atoms with Crippen LogP contribution in [0.5, 0.6) is 0 Å². The number of carbonyl (C=O) groups excluding carboxylic acids is 3. The van der Waals surface area contributed by atoms with Crippen LogP contribution in [0, 0.1) is 0 Å². The molecule has 1 heterocycles. The number of aryl methyl sites for hydroxylation is 1. The Hall–Kier alpha value is -2.86. The zero-order chi connectivity index (χ0) is 20.6. The van der Waals surface area contributed by atoms with Crippen LogP contribution < -0.4 is 10.6 Å². The average Bonchev–Trinajstić information content (AvgIpc) is 2.93. The number of amides is 4. The van der Waals surface area contributed by atoms with Crippen LogP contribution in [0.4, 0.5) is 4.79 Å². The number of carbonyl (C=O) groups is 3. The second-order valence-electron chi connectivity index (χ2n) is 7.58. The van der Waals surface area contributed by atoms with E-state index in [2.05, 4.69) is 10.6 Å². The lowest BCUT2D eigenvalue weighted by atomic mass is 9.76. The van der Waals surface area contributed by atoms with Gasteiger partial charge in [-0.2, -0.15) is 0 Å². The maximum atomic E-state index is 13.2. The van der Waals surface area contributed by atoms with E-state index in [9.17, 15) is 14.4 Å². The molecule has 1 spiro atoms. The first-order valence-corrected chi connectivity index (χ1v) is 10.1. The smallest absolute Gasteiger partial charge is 0.325 e. The first kappa shape index (κ1) is 19.5. The molecule has 1 aliphatic carbocycles. The van der Waals surface area contributed by atoms with E-state index in [1.807, 2.05) is 43.3 Å². The Kier molecular flexibility index (Phi) is 5.04. The van der Waals surface area contributed by atoms with E-state index in [-0.39, 0.29) is 18.5 Å². The average molecular weight is 412 g/mol. The Morgan fingerprint density at radius 3 is 2.69 bits per heavy atom. The van der Waals surface area contributed by atoms with Gasteiger partial charge >= 0.3 is 6.03 Å². The van der Waals surface area contributed by atoms with Gasteiger partial charge in [0, 0.05) is 5.02 Å². The minimum Gasteiger partial charge on any atom is -0.348 e. The summed E-state index contributed by atoms with van der Waals surface area (Å²) < 4.78 is 0. The molecule has 0 unspecified atom stereocenters. The van der Waals surface area contributed by atoms with Crippen molar-refractivity contribution in [3.63, 3.8) is 0 Å². The highest BCUT2D eigenvalue weighted by Gasteiger charge is 2.54. The highest BCUT2D eigenvalue weighted by molar-refractivity contribution is 6.30. The second-order valence-corrected chi connectivity index (χ2v) is 8.01. The Morgan fingerprint density at radius 2 is 1.93 bits per heavy atom. The molecule has 6 nitrogen and oxygen atoms in total. The third kappa shape index (κ3) is 3.49. The summed E-state index contributed by atoms with van der Waals surface area (Å²) in [6.45, 7) is 1.53. The lowest BCUT2D eigenvalue weighted by molar-refractivity contribution is -0.135. The molecule has 0 aromatic heterocycles. The molecule has 150 valence electrons. The van der Waals surface area contributed by atoms with E-state index in [1.165, 1.54) is 0 Å². The van der Waals surface area contributed by atoms with Crippen LogP contribution in [0.1, 0.15) is 42.5 Å². The Morgan fingerprint density at radius 1 is 1.21 bits per heavy atom. The van der Waals surface area contributed by atoms with Crippen LogP contribution in [0.3, 0.4) is 0 Å². The van der Waals surface area contributed by atoms with Crippen molar-refractivity contribution >= 4 is 29.4 Å². The van der Waals surface area contributed by atoms with Gasteiger partial charge in [0.05, 0.1) is 6.04 Å². The highest BCUT2D eigenvalue weighted by Crippen LogP contribution is 2.39. The number of fused-ring (bicyclic) bond motifs is 2. The Bertz CT molecular complexity index is 976. The Balaban J connectivity index is 1.49. The molecule has 2 atom stereocenters. The SMILES string of the molecule is C[C@@H](NC(=O)CN1C(=O)N[C@]2(CCCc3ccccc32)C1=O)c1ccc(Cl)cc1. The predicted octanol–water partition coefficient (Wildman–Crippen LogP) is 3.30. The summed E-state index contributed by atoms with van der Waals surface area (Å²) in [5.74, 6) is -0.749. The summed E-state index contributed by atoms with van der Waals surface area (Å²) in [5, 5.41) is 6.32. The number of urea groups is 1. The van der Waals surface area contributed by atoms with Crippen LogP contribution in [-0.4, -0.2) is 29.3 Å². The molecule has 29 heavy (non-hydrogen) atoms. The number of hydrogen-bond donors (Lipinski definition) is 2. The molecule has 0 saturated carbocycles. The fourth-order valence-electron chi connectivity index (χ4n) is 4.22. The Labute approximate surface area is 174 Å². The largest absolute Gasteiger partial charge is 0.348 e. The number of halogens is 1. The highest BCUT2D eigenvalue weighted by atomic mass is 35.5. The standard InChI is InChI=1S/C22H22ClN3O3/c1-14(15-8-10-17(23)11-9-15)24-19(27)13-26-20(28)22(25-21(26)29)12-4-6-16-5-2-3-7-18(16)22/h2-3,5,7-11,14H,4,6,12-13H2,1H3,(H,24,27)(H,25,29)/t14-,22+/m1/s1. The minimum absolute atomic E-state index is 0.273. The van der Waals surface area contributed by atoms with Crippen LogP contribution in [0.25, 0.3) is 0 Å². The van der Waals surface area contributed by atoms with E-state index in [4.69, 9.17) is 11.6 Å². The van der Waals surface area contributed by atoms with E-state index < -0.39 is 17.5 Å². The summed E-state index contributed by atoms with van der Waals surface area (Å²) >= 11 is 5.90. The molecular formula is C22H22ClN3O3. The van der Waals surface area contributed by atoms with Gasteiger partial charge in [-0.3, -0.25) is 14.5 Å². The van der Waals surface area contributed by atoms with Crippen molar-refractivity contribution in [2.45, 2.75) is 37.8 Å². The molecular weight excluding hydrogens is 390 g/mol. The molecule has 7 heteroatoms. The monoisotopic (exact) mass is 411 g/mol. The van der Waals surface area contributed by atoms with Gasteiger partial charge in [-0.15, -0.1) is 0 Å². The van der Waals surface area contributed by atoms with Gasteiger partial charge in [0.15, 0.2) is 0 Å². The van der Waals surface area contributed by atoms with Gasteiger partial charge in [0.1, 0.15) is 12.1 Å². The van der Waals surface area contributed by atoms with E-state index >= 15 is 0 Å². The fraction of sp³-hybridized carbons (Fsp3) is 0.318. The number of rotatable bonds is 4. The lowest BCUT2D eigenvalue weighted by Crippen LogP contribution is -2.47. The van der Waals surface area contributed by atoms with Gasteiger partial charge < -0.3 is 10.6 Å². The second kappa shape index (κ2) is 7.52. The van der Waals surface area contributed by atoms with Crippen molar-refractivity contribution in [1.82, 2.24) is 15.5 Å². The van der Waals surface area contributed by atoms with Crippen molar-refractivity contribution in [2.75, 3.05) is 6.54 Å². The summed E-state index contributed by atoms with van der Waals surface area (Å²) in [7, 11) is 0. The third-order valence-electron chi connectivity index (χ3n) is 5.70. The molecule has 2 aliphatic rings. The maximum Gasteiger partial charge on any atom is 0.325 e. The molecule has 2 aromatic rings. The fourth-order valence-corrected chi connectivity index (χ4v) is 4.35. The summed E-state index contributed by atoms with van der Waals surface area (Å²) in [5.41, 5.74) is 1.73. The van der Waals surface area contributed by atoms with Crippen molar-refractivity contribution in [3.8, 4) is 0 Å². The summed E-state index contributed by atoms with van der Waals surface area (Å²) in [6.07, 6.45) is 2.21. The third-order valence-corrected chi connectivity index (χ3v) is 5.95. The van der Waals surface area contributed by atoms with E-state index in [1.54, 1.807) is 12.1 Å². The first-order chi connectivity index (χ1) is 13.9. The van der Waals surface area contributed by atoms with Gasteiger partial charge in [-0.05, 0) is 55.0 Å². The molecule has 0 bridgehead atoms. The summed E-state index contributed by atoms with van der Waals surface area (Å²) in [4.78, 5) is 39.4. The van der Waals surface area contributed by atoms with Gasteiger partial charge in [0.2, 0.25) is 5.91 Å². The molecule has 1 fully saturated rings. The number of nitrogens with one attached hydrogen (secondary N) is 2. The van der Waals surface area contributed by atoms with Crippen molar-refractivity contribution in [3.05, 3.63) is 70.2 Å². The van der Waals surface area contributed by atoms with Crippen molar-refractivity contribution in [1.29, 1.82) is 0 Å². The van der Waals surface area contributed by atoms with Crippen LogP contribution in [0.15, 0.2) is 48.5 Å². The van der Waals surface area contributed by atoms with Crippen LogP contribution in [0.2, 0.25) is 5.02 Å². The number of hydrogen-bond acceptors (Lipinski definition) is 3. The normalized spacial score (nSPS) is 21.7. The first-order valence-electron chi connectivity index (χ1n) is 9.68. The molecule has 4 amide bonds. The van der Waals surface area contributed by atoms with Crippen molar-refractivity contribution < 1.29 is 14.4 Å². The lowest BCUT2D eigenvalue weighted by Gasteiger charge is -2.33. The van der Waals surface area contributed by atoms with Gasteiger partial charge in [-0.25, -0.2) is 4.79 Å². The number of imide groups is 1. The molecule has 2 aromatic carbocycles. The van der Waals surface area contributed by atoms with Gasteiger partial charge in [0.25, 0.3) is 5.91 Å². The molecule has 2 N–H and O–H groups in total.